The molecule has 11 heteroatoms. The van der Waals surface area contributed by atoms with Gasteiger partial charge >= 0.3 is 18.2 Å². The zero-order chi connectivity index (χ0) is 26.6. The van der Waals surface area contributed by atoms with Crippen LogP contribution in [-0.4, -0.2) is 41.3 Å². The van der Waals surface area contributed by atoms with Crippen LogP contribution in [0.15, 0.2) is 54.6 Å². The number of rotatable bonds is 11. The number of alkyl carbamates (subject to hydrolysis) is 2. The Labute approximate surface area is 209 Å². The molecule has 11 nitrogen and oxygen atoms in total. The van der Waals surface area contributed by atoms with Gasteiger partial charge in [-0.25, -0.2) is 14.4 Å². The molecule has 0 aromatic heterocycles. The molecule has 1 atom stereocenters. The molecule has 0 unspecified atom stereocenters. The van der Waals surface area contributed by atoms with Gasteiger partial charge < -0.3 is 24.8 Å². The van der Waals surface area contributed by atoms with Gasteiger partial charge in [0.05, 0.1) is 4.92 Å². The average molecular weight is 502 g/mol. The maximum atomic E-state index is 12.8. The SMILES string of the molecule is CC(C)(C)OC(=O)NCCCC[C@@H](NC(=O)OCc1ccccc1)C(=O)Oc1ccc([N+](=O)[O-])cc1. The van der Waals surface area contributed by atoms with Crippen molar-refractivity contribution in [1.29, 1.82) is 0 Å². The molecule has 0 saturated carbocycles. The number of nitro benzene ring substituents is 1. The van der Waals surface area contributed by atoms with Crippen LogP contribution in [0, 0.1) is 10.1 Å². The minimum Gasteiger partial charge on any atom is -0.445 e. The minimum atomic E-state index is -1.04. The van der Waals surface area contributed by atoms with Gasteiger partial charge in [-0.15, -0.1) is 0 Å². The molecule has 0 fully saturated rings. The Hall–Kier alpha value is -4.15. The van der Waals surface area contributed by atoms with Crippen molar-refractivity contribution >= 4 is 23.8 Å². The first-order valence-electron chi connectivity index (χ1n) is 11.4. The van der Waals surface area contributed by atoms with Gasteiger partial charge in [0, 0.05) is 18.7 Å². The molecule has 2 amide bonds. The molecular formula is C25H31N3O8. The third-order valence-corrected chi connectivity index (χ3v) is 4.64. The average Bonchev–Trinajstić information content (AvgIpc) is 2.81. The second kappa shape index (κ2) is 13.7. The third kappa shape index (κ3) is 10.9. The van der Waals surface area contributed by atoms with E-state index in [-0.39, 0.29) is 24.5 Å². The zero-order valence-electron chi connectivity index (χ0n) is 20.5. The molecule has 0 aliphatic rings. The number of benzene rings is 2. The lowest BCUT2D eigenvalue weighted by Crippen LogP contribution is -2.43. The monoisotopic (exact) mass is 501 g/mol. The predicted molar refractivity (Wildman–Crippen MR) is 130 cm³/mol. The number of ether oxygens (including phenoxy) is 3. The quantitative estimate of drug-likeness (QED) is 0.151. The number of non-ortho nitro benzene ring substituents is 1. The molecule has 194 valence electrons. The lowest BCUT2D eigenvalue weighted by atomic mass is 10.1. The van der Waals surface area contributed by atoms with Gasteiger partial charge in [0.25, 0.3) is 5.69 Å². The Kier molecular flexibility index (Phi) is 10.7. The number of esters is 1. The van der Waals surface area contributed by atoms with E-state index in [1.807, 2.05) is 18.2 Å². The minimum absolute atomic E-state index is 0.0244. The number of carbonyl (C=O) groups is 3. The summed E-state index contributed by atoms with van der Waals surface area (Å²) in [5.41, 5.74) is 0.0261. The van der Waals surface area contributed by atoms with Crippen LogP contribution in [0.4, 0.5) is 15.3 Å². The van der Waals surface area contributed by atoms with Crippen LogP contribution in [0.5, 0.6) is 5.75 Å². The fourth-order valence-electron chi connectivity index (χ4n) is 2.96. The lowest BCUT2D eigenvalue weighted by molar-refractivity contribution is -0.384. The molecule has 2 rings (SSSR count). The van der Waals surface area contributed by atoms with Crippen LogP contribution in [-0.2, 0) is 20.9 Å². The molecule has 0 bridgehead atoms. The van der Waals surface area contributed by atoms with E-state index in [1.54, 1.807) is 32.9 Å². The topological polar surface area (TPSA) is 146 Å². The smallest absolute Gasteiger partial charge is 0.408 e. The van der Waals surface area contributed by atoms with E-state index in [0.29, 0.717) is 19.4 Å². The van der Waals surface area contributed by atoms with Crippen molar-refractivity contribution in [2.75, 3.05) is 6.54 Å². The van der Waals surface area contributed by atoms with Crippen LogP contribution >= 0.6 is 0 Å². The zero-order valence-corrected chi connectivity index (χ0v) is 20.5. The Morgan fingerprint density at radius 1 is 0.972 bits per heavy atom. The summed E-state index contributed by atoms with van der Waals surface area (Å²) in [7, 11) is 0. The van der Waals surface area contributed by atoms with Gasteiger partial charge in [-0.1, -0.05) is 30.3 Å². The molecule has 0 radical (unpaired) electrons. The molecule has 2 aromatic rings. The molecule has 0 aliphatic heterocycles. The molecule has 0 saturated heterocycles. The van der Waals surface area contributed by atoms with E-state index in [2.05, 4.69) is 10.6 Å². The fraction of sp³-hybridized carbons (Fsp3) is 0.400. The van der Waals surface area contributed by atoms with Crippen molar-refractivity contribution in [2.24, 2.45) is 0 Å². The number of hydrogen-bond acceptors (Lipinski definition) is 8. The number of nitro groups is 1. The highest BCUT2D eigenvalue weighted by atomic mass is 16.6. The van der Waals surface area contributed by atoms with Crippen LogP contribution in [0.1, 0.15) is 45.6 Å². The van der Waals surface area contributed by atoms with Gasteiger partial charge in [-0.2, -0.15) is 0 Å². The highest BCUT2D eigenvalue weighted by Crippen LogP contribution is 2.18. The van der Waals surface area contributed by atoms with Crippen molar-refractivity contribution in [3.63, 3.8) is 0 Å². The van der Waals surface area contributed by atoms with E-state index >= 15 is 0 Å². The summed E-state index contributed by atoms with van der Waals surface area (Å²) in [6, 6.07) is 13.0. The summed E-state index contributed by atoms with van der Waals surface area (Å²) in [6.45, 7) is 5.62. The number of hydrogen-bond donors (Lipinski definition) is 2. The number of carbonyl (C=O) groups excluding carboxylic acids is 3. The van der Waals surface area contributed by atoms with Gasteiger partial charge in [0.2, 0.25) is 0 Å². The number of unbranched alkanes of at least 4 members (excludes halogenated alkanes) is 1. The van der Waals surface area contributed by atoms with E-state index in [9.17, 15) is 24.5 Å². The van der Waals surface area contributed by atoms with Gasteiger partial charge in [-0.3, -0.25) is 10.1 Å². The maximum absolute atomic E-state index is 12.8. The van der Waals surface area contributed by atoms with Crippen LogP contribution in [0.2, 0.25) is 0 Å². The second-order valence-electron chi connectivity index (χ2n) is 8.86. The predicted octanol–water partition coefficient (Wildman–Crippen LogP) is 4.49. The van der Waals surface area contributed by atoms with Crippen molar-refractivity contribution in [2.45, 2.75) is 58.3 Å². The largest absolute Gasteiger partial charge is 0.445 e. The van der Waals surface area contributed by atoms with E-state index < -0.39 is 34.7 Å². The lowest BCUT2D eigenvalue weighted by Gasteiger charge is -2.20. The van der Waals surface area contributed by atoms with Crippen molar-refractivity contribution in [3.05, 3.63) is 70.3 Å². The summed E-state index contributed by atoms with van der Waals surface area (Å²) >= 11 is 0. The summed E-state index contributed by atoms with van der Waals surface area (Å²) in [5, 5.41) is 16.0. The maximum Gasteiger partial charge on any atom is 0.408 e. The number of amides is 2. The molecule has 2 aromatic carbocycles. The van der Waals surface area contributed by atoms with Crippen LogP contribution in [0.25, 0.3) is 0 Å². The Balaban J connectivity index is 1.92. The third-order valence-electron chi connectivity index (χ3n) is 4.64. The normalized spacial score (nSPS) is 11.6. The molecule has 36 heavy (non-hydrogen) atoms. The summed E-state index contributed by atoms with van der Waals surface area (Å²) in [4.78, 5) is 47.1. The van der Waals surface area contributed by atoms with Gasteiger partial charge in [0.15, 0.2) is 0 Å². The van der Waals surface area contributed by atoms with Crippen LogP contribution in [0.3, 0.4) is 0 Å². The second-order valence-corrected chi connectivity index (χ2v) is 8.86. The molecular weight excluding hydrogens is 470 g/mol. The van der Waals surface area contributed by atoms with Crippen LogP contribution < -0.4 is 15.4 Å². The van der Waals surface area contributed by atoms with E-state index in [0.717, 1.165) is 5.56 Å². The first kappa shape index (κ1) is 28.1. The fourth-order valence-corrected chi connectivity index (χ4v) is 2.96. The Morgan fingerprint density at radius 2 is 1.64 bits per heavy atom. The molecule has 0 spiro atoms. The van der Waals surface area contributed by atoms with E-state index in [1.165, 1.54) is 24.3 Å². The molecule has 0 heterocycles. The number of nitrogens with one attached hydrogen (secondary N) is 2. The Morgan fingerprint density at radius 3 is 2.25 bits per heavy atom. The van der Waals surface area contributed by atoms with Crippen molar-refractivity contribution in [1.82, 2.24) is 10.6 Å². The summed E-state index contributed by atoms with van der Waals surface area (Å²) in [6.07, 6.45) is -0.145. The van der Waals surface area contributed by atoms with Crippen molar-refractivity contribution in [3.8, 4) is 5.75 Å². The number of nitrogens with zero attached hydrogens (tertiary/aromatic N) is 1. The molecule has 0 aliphatic carbocycles. The standard InChI is InChI=1S/C25H31N3O8/c1-25(2,3)36-23(30)26-16-8-7-11-21(27-24(31)34-17-18-9-5-4-6-10-18)22(29)35-20-14-12-19(13-15-20)28(32)33/h4-6,9-10,12-15,21H,7-8,11,16-17H2,1-3H3,(H,26,30)(H,27,31)/t21-/m1/s1. The van der Waals surface area contributed by atoms with Gasteiger partial charge in [-0.05, 0) is 57.7 Å². The van der Waals surface area contributed by atoms with Crippen molar-refractivity contribution < 1.29 is 33.5 Å². The summed E-state index contributed by atoms with van der Waals surface area (Å²) < 4.78 is 15.7. The van der Waals surface area contributed by atoms with Gasteiger partial charge in [0.1, 0.15) is 24.0 Å². The summed E-state index contributed by atoms with van der Waals surface area (Å²) in [5.74, 6) is -0.651. The highest BCUT2D eigenvalue weighted by Gasteiger charge is 2.24. The molecule has 2 N–H and O–H groups in total. The Bertz CT molecular complexity index is 1020. The van der Waals surface area contributed by atoms with E-state index in [4.69, 9.17) is 14.2 Å². The first-order chi connectivity index (χ1) is 17.0. The highest BCUT2D eigenvalue weighted by molar-refractivity contribution is 5.83. The first-order valence-corrected chi connectivity index (χ1v) is 11.4.